The van der Waals surface area contributed by atoms with Gasteiger partial charge in [0.15, 0.2) is 5.17 Å². The number of benzene rings is 1. The van der Waals surface area contributed by atoms with E-state index in [1.165, 1.54) is 20.5 Å². The molecule has 0 bridgehead atoms. The summed E-state index contributed by atoms with van der Waals surface area (Å²) < 4.78 is 1.29. The molecule has 6 heteroatoms. The van der Waals surface area contributed by atoms with Crippen molar-refractivity contribution in [2.24, 2.45) is 4.99 Å². The van der Waals surface area contributed by atoms with E-state index in [4.69, 9.17) is 0 Å². The van der Waals surface area contributed by atoms with Crippen molar-refractivity contribution in [3.63, 3.8) is 0 Å². The molecule has 0 saturated heterocycles. The number of thioether (sulfide) groups is 2. The average molecular weight is 349 g/mol. The minimum absolute atomic E-state index is 0.471. The summed E-state index contributed by atoms with van der Waals surface area (Å²) in [7, 11) is 0. The molecule has 1 N–H and O–H groups in total. The summed E-state index contributed by atoms with van der Waals surface area (Å²) in [5.41, 5.74) is 2.38. The quantitative estimate of drug-likeness (QED) is 0.848. The fraction of sp³-hybridized carbons (Fsp3) is 0.312. The molecule has 114 valence electrons. The Kier molecular flexibility index (Phi) is 3.72. The van der Waals surface area contributed by atoms with Crippen molar-refractivity contribution >= 4 is 55.8 Å². The fourth-order valence-corrected chi connectivity index (χ4v) is 5.42. The van der Waals surface area contributed by atoms with Crippen molar-refractivity contribution in [2.75, 3.05) is 19.3 Å². The molecule has 2 aromatic rings. The van der Waals surface area contributed by atoms with Crippen LogP contribution in [0.25, 0.3) is 15.8 Å². The van der Waals surface area contributed by atoms with Gasteiger partial charge < -0.3 is 10.0 Å². The van der Waals surface area contributed by atoms with Gasteiger partial charge in [-0.15, -0.1) is 23.1 Å². The summed E-state index contributed by atoms with van der Waals surface area (Å²) in [5, 5.41) is 14.7. The van der Waals surface area contributed by atoms with Crippen molar-refractivity contribution in [3.05, 3.63) is 34.0 Å². The number of aliphatic hydroxyl groups is 1. The molecule has 2 aliphatic rings. The van der Waals surface area contributed by atoms with Crippen LogP contribution in [0.3, 0.4) is 0 Å². The Balaban J connectivity index is 1.97. The van der Waals surface area contributed by atoms with Crippen molar-refractivity contribution in [1.29, 1.82) is 0 Å². The lowest BCUT2D eigenvalue weighted by Gasteiger charge is -2.19. The number of hydrogen-bond acceptors (Lipinski definition) is 6. The summed E-state index contributed by atoms with van der Waals surface area (Å²) in [6.45, 7) is 3.59. The van der Waals surface area contributed by atoms with Crippen LogP contribution in [0.15, 0.2) is 38.4 Å². The van der Waals surface area contributed by atoms with Crippen LogP contribution >= 0.6 is 34.9 Å². The second-order valence-electron chi connectivity index (χ2n) is 5.32. The van der Waals surface area contributed by atoms with Gasteiger partial charge in [-0.25, -0.2) is 0 Å². The highest BCUT2D eigenvalue weighted by molar-refractivity contribution is 8.17. The van der Waals surface area contributed by atoms with E-state index in [1.807, 2.05) is 6.92 Å². The lowest BCUT2D eigenvalue weighted by Crippen LogP contribution is -2.20. The van der Waals surface area contributed by atoms with Crippen LogP contribution in [-0.2, 0) is 0 Å². The van der Waals surface area contributed by atoms with Gasteiger partial charge in [-0.1, -0.05) is 11.8 Å². The topological polar surface area (TPSA) is 35.8 Å². The smallest absolute Gasteiger partial charge is 0.168 e. The van der Waals surface area contributed by atoms with Crippen LogP contribution in [0, 0.1) is 0 Å². The summed E-state index contributed by atoms with van der Waals surface area (Å²) in [4.78, 5) is 9.11. The highest BCUT2D eigenvalue weighted by Gasteiger charge is 2.35. The molecule has 0 amide bonds. The molecule has 0 aliphatic carbocycles. The Morgan fingerprint density at radius 1 is 1.41 bits per heavy atom. The van der Waals surface area contributed by atoms with Crippen LogP contribution in [0.1, 0.15) is 12.5 Å². The molecule has 2 aliphatic heterocycles. The van der Waals surface area contributed by atoms with Crippen LogP contribution in [-0.4, -0.2) is 40.6 Å². The largest absolute Gasteiger partial charge is 0.388 e. The highest BCUT2D eigenvalue weighted by atomic mass is 32.2. The Morgan fingerprint density at radius 2 is 2.27 bits per heavy atom. The van der Waals surface area contributed by atoms with E-state index >= 15 is 0 Å². The number of rotatable bonds is 3. The van der Waals surface area contributed by atoms with Crippen LogP contribution < -0.4 is 0 Å². The van der Waals surface area contributed by atoms with Gasteiger partial charge in [0.2, 0.25) is 0 Å². The second kappa shape index (κ2) is 5.60. The normalized spacial score (nSPS) is 19.0. The maximum absolute atomic E-state index is 10.2. The summed E-state index contributed by atoms with van der Waals surface area (Å²) >= 11 is 5.15. The van der Waals surface area contributed by atoms with Crippen molar-refractivity contribution in [2.45, 2.75) is 17.9 Å². The minimum atomic E-state index is -0.471. The van der Waals surface area contributed by atoms with E-state index in [1.54, 1.807) is 34.9 Å². The standard InChI is InChI=1S/C16H16N2OS3/c1-9(19)14-13(18-5-4-17-16(18)22-14)12-8-11(20-2)7-10-3-6-21-15(10)12/h3,6-9,19H,4-5H2,1-2H3. The number of fused-ring (bicyclic) bond motifs is 2. The predicted octanol–water partition coefficient (Wildman–Crippen LogP) is 4.09. The third kappa shape index (κ3) is 2.21. The van der Waals surface area contributed by atoms with Gasteiger partial charge in [-0.05, 0) is 42.1 Å². The Bertz CT molecular complexity index is 807. The first-order valence-corrected chi connectivity index (χ1v) is 10.1. The number of hydrogen-bond donors (Lipinski definition) is 1. The van der Waals surface area contributed by atoms with Gasteiger partial charge in [0.25, 0.3) is 0 Å². The van der Waals surface area contributed by atoms with Gasteiger partial charge in [0, 0.05) is 26.6 Å². The maximum Gasteiger partial charge on any atom is 0.168 e. The van der Waals surface area contributed by atoms with Crippen LogP contribution in [0.2, 0.25) is 0 Å². The molecule has 4 rings (SSSR count). The van der Waals surface area contributed by atoms with E-state index in [-0.39, 0.29) is 0 Å². The summed E-state index contributed by atoms with van der Waals surface area (Å²) in [5.74, 6) is 0. The van der Waals surface area contributed by atoms with Crippen molar-refractivity contribution < 1.29 is 5.11 Å². The Morgan fingerprint density at radius 3 is 3.05 bits per heavy atom. The Labute approximate surface area is 142 Å². The molecule has 0 radical (unpaired) electrons. The molecule has 0 saturated carbocycles. The molecule has 1 aromatic heterocycles. The summed E-state index contributed by atoms with van der Waals surface area (Å²) in [6, 6.07) is 6.67. The average Bonchev–Trinajstić information content (AvgIpc) is 3.20. The Hall–Kier alpha value is -0.950. The molecular formula is C16H16N2OS3. The minimum Gasteiger partial charge on any atom is -0.388 e. The molecule has 1 unspecified atom stereocenters. The lowest BCUT2D eigenvalue weighted by molar-refractivity contribution is 0.240. The first-order valence-electron chi connectivity index (χ1n) is 7.16. The zero-order chi connectivity index (χ0) is 15.3. The lowest BCUT2D eigenvalue weighted by atomic mass is 10.1. The van der Waals surface area contributed by atoms with E-state index < -0.39 is 6.10 Å². The van der Waals surface area contributed by atoms with Crippen LogP contribution in [0.4, 0.5) is 0 Å². The third-order valence-corrected chi connectivity index (χ3v) is 6.86. The molecule has 22 heavy (non-hydrogen) atoms. The highest BCUT2D eigenvalue weighted by Crippen LogP contribution is 2.46. The number of amidine groups is 1. The monoisotopic (exact) mass is 348 g/mol. The van der Waals surface area contributed by atoms with Crippen LogP contribution in [0.5, 0.6) is 0 Å². The van der Waals surface area contributed by atoms with Gasteiger partial charge in [0.05, 0.1) is 18.3 Å². The first kappa shape index (κ1) is 14.6. The van der Waals surface area contributed by atoms with Crippen molar-refractivity contribution in [3.8, 4) is 0 Å². The molecule has 1 atom stereocenters. The van der Waals surface area contributed by atoms with Gasteiger partial charge in [0.1, 0.15) is 0 Å². The summed E-state index contributed by atoms with van der Waals surface area (Å²) in [6.07, 6.45) is 1.63. The van der Waals surface area contributed by atoms with Gasteiger partial charge in [-0.2, -0.15) is 0 Å². The molecule has 0 fully saturated rings. The van der Waals surface area contributed by atoms with E-state index in [2.05, 4.69) is 39.7 Å². The zero-order valence-corrected chi connectivity index (χ0v) is 14.8. The number of thiophene rings is 1. The van der Waals surface area contributed by atoms with E-state index in [0.717, 1.165) is 28.9 Å². The molecule has 0 spiro atoms. The van der Waals surface area contributed by atoms with Gasteiger partial charge >= 0.3 is 0 Å². The molecule has 3 heterocycles. The second-order valence-corrected chi connectivity index (χ2v) is 8.13. The van der Waals surface area contributed by atoms with Gasteiger partial charge in [-0.3, -0.25) is 4.99 Å². The molecule has 3 nitrogen and oxygen atoms in total. The van der Waals surface area contributed by atoms with Crippen molar-refractivity contribution in [1.82, 2.24) is 4.90 Å². The molecular weight excluding hydrogens is 332 g/mol. The number of aliphatic imine (C=N–C) groups is 1. The number of aliphatic hydroxyl groups excluding tert-OH is 1. The van der Waals surface area contributed by atoms with E-state index in [0.29, 0.717) is 0 Å². The first-order chi connectivity index (χ1) is 10.7. The number of nitrogens with zero attached hydrogens (tertiary/aromatic N) is 2. The fourth-order valence-electron chi connectivity index (χ4n) is 2.91. The maximum atomic E-state index is 10.2. The van der Waals surface area contributed by atoms with E-state index in [9.17, 15) is 5.11 Å². The third-order valence-electron chi connectivity index (χ3n) is 3.90. The molecule has 1 aromatic carbocycles. The SMILES string of the molecule is CSc1cc(C2=C(C(C)O)SC3=NCCN32)c2sccc2c1. The zero-order valence-electron chi connectivity index (χ0n) is 12.4. The predicted molar refractivity (Wildman–Crippen MR) is 98.8 cm³/mol.